The standard InChI is InChI=1S/C12H10FN3OS/c13-10-7-4-8-14-11(10)12(17)15-16-18-9-5-2-1-3-6-9/h1-8,16H,(H,15,17). The molecule has 2 rings (SSSR count). The van der Waals surface area contributed by atoms with E-state index in [0.717, 1.165) is 4.90 Å². The minimum absolute atomic E-state index is 0.237. The van der Waals surface area contributed by atoms with Crippen molar-refractivity contribution in [2.75, 3.05) is 0 Å². The zero-order valence-electron chi connectivity index (χ0n) is 9.26. The molecule has 2 aromatic rings. The van der Waals surface area contributed by atoms with E-state index < -0.39 is 11.7 Å². The Kier molecular flexibility index (Phi) is 4.27. The Bertz CT molecular complexity index is 536. The topological polar surface area (TPSA) is 54.0 Å². The highest BCUT2D eigenvalue weighted by molar-refractivity contribution is 7.97. The van der Waals surface area contributed by atoms with Gasteiger partial charge in [-0.15, -0.1) is 0 Å². The Balaban J connectivity index is 1.88. The number of aromatic nitrogens is 1. The number of halogens is 1. The predicted molar refractivity (Wildman–Crippen MR) is 67.1 cm³/mol. The monoisotopic (exact) mass is 263 g/mol. The van der Waals surface area contributed by atoms with E-state index in [4.69, 9.17) is 0 Å². The maximum atomic E-state index is 13.2. The zero-order valence-corrected chi connectivity index (χ0v) is 10.1. The van der Waals surface area contributed by atoms with Crippen LogP contribution in [-0.4, -0.2) is 10.9 Å². The van der Waals surface area contributed by atoms with E-state index in [9.17, 15) is 9.18 Å². The van der Waals surface area contributed by atoms with Crippen LogP contribution >= 0.6 is 11.9 Å². The number of hydrazine groups is 1. The molecule has 0 unspecified atom stereocenters. The zero-order chi connectivity index (χ0) is 12.8. The molecule has 0 saturated carbocycles. The summed E-state index contributed by atoms with van der Waals surface area (Å²) < 4.78 is 13.2. The van der Waals surface area contributed by atoms with Crippen LogP contribution < -0.4 is 10.3 Å². The predicted octanol–water partition coefficient (Wildman–Crippen LogP) is 2.16. The number of rotatable bonds is 4. The summed E-state index contributed by atoms with van der Waals surface area (Å²) in [7, 11) is 0. The Hall–Kier alpha value is -1.92. The molecule has 1 aromatic heterocycles. The normalized spacial score (nSPS) is 10.1. The second-order valence-electron chi connectivity index (χ2n) is 3.31. The van der Waals surface area contributed by atoms with Crippen LogP contribution in [0.15, 0.2) is 53.6 Å². The molecule has 6 heteroatoms. The van der Waals surface area contributed by atoms with Gasteiger partial charge in [-0.25, -0.2) is 9.37 Å². The number of nitrogens with zero attached hydrogens (tertiary/aromatic N) is 1. The lowest BCUT2D eigenvalue weighted by Gasteiger charge is -2.06. The smallest absolute Gasteiger partial charge is 0.276 e. The number of nitrogens with one attached hydrogen (secondary N) is 2. The van der Waals surface area contributed by atoms with Crippen molar-refractivity contribution in [1.29, 1.82) is 0 Å². The number of carbonyl (C=O) groups excluding carboxylic acids is 1. The van der Waals surface area contributed by atoms with Crippen molar-refractivity contribution in [1.82, 2.24) is 15.2 Å². The van der Waals surface area contributed by atoms with Crippen LogP contribution in [0.2, 0.25) is 0 Å². The van der Waals surface area contributed by atoms with Gasteiger partial charge in [0.05, 0.1) is 0 Å². The summed E-state index contributed by atoms with van der Waals surface area (Å²) in [5.41, 5.74) is 2.12. The third-order valence-electron chi connectivity index (χ3n) is 2.05. The lowest BCUT2D eigenvalue weighted by Crippen LogP contribution is -2.33. The highest BCUT2D eigenvalue weighted by atomic mass is 32.2. The van der Waals surface area contributed by atoms with E-state index >= 15 is 0 Å². The van der Waals surface area contributed by atoms with Crippen LogP contribution in [0, 0.1) is 5.82 Å². The summed E-state index contributed by atoms with van der Waals surface area (Å²) in [5, 5.41) is 0. The van der Waals surface area contributed by atoms with Crippen LogP contribution in [0.5, 0.6) is 0 Å². The first kappa shape index (κ1) is 12.5. The average molecular weight is 263 g/mol. The van der Waals surface area contributed by atoms with Crippen molar-refractivity contribution in [2.24, 2.45) is 0 Å². The summed E-state index contributed by atoms with van der Waals surface area (Å²) in [6, 6.07) is 12.0. The molecular formula is C12H10FN3OS. The molecule has 2 N–H and O–H groups in total. The van der Waals surface area contributed by atoms with E-state index in [1.54, 1.807) is 0 Å². The van der Waals surface area contributed by atoms with Crippen molar-refractivity contribution in [2.45, 2.75) is 4.90 Å². The molecule has 1 aromatic carbocycles. The van der Waals surface area contributed by atoms with Gasteiger partial charge in [-0.2, -0.15) is 4.83 Å². The molecule has 18 heavy (non-hydrogen) atoms. The van der Waals surface area contributed by atoms with E-state index in [0.29, 0.717) is 0 Å². The van der Waals surface area contributed by atoms with Crippen molar-refractivity contribution in [3.63, 3.8) is 0 Å². The van der Waals surface area contributed by atoms with Crippen molar-refractivity contribution < 1.29 is 9.18 Å². The van der Waals surface area contributed by atoms with Crippen LogP contribution in [0.1, 0.15) is 10.5 Å². The number of amides is 1. The summed E-state index contributed by atoms with van der Waals surface area (Å²) in [4.78, 5) is 18.8. The fraction of sp³-hybridized carbons (Fsp3) is 0. The first-order chi connectivity index (χ1) is 8.77. The molecular weight excluding hydrogens is 253 g/mol. The Morgan fingerprint density at radius 2 is 1.94 bits per heavy atom. The van der Waals surface area contributed by atoms with Gasteiger partial charge in [0.2, 0.25) is 0 Å². The van der Waals surface area contributed by atoms with Gasteiger partial charge in [-0.1, -0.05) is 18.2 Å². The van der Waals surface area contributed by atoms with Gasteiger partial charge in [0, 0.05) is 11.1 Å². The molecule has 0 aliphatic carbocycles. The van der Waals surface area contributed by atoms with E-state index in [1.165, 1.54) is 30.3 Å². The highest BCUT2D eigenvalue weighted by Gasteiger charge is 2.11. The average Bonchev–Trinajstić information content (AvgIpc) is 2.40. The molecule has 1 heterocycles. The fourth-order valence-corrected chi connectivity index (χ4v) is 1.79. The van der Waals surface area contributed by atoms with Crippen LogP contribution in [0.3, 0.4) is 0 Å². The Morgan fingerprint density at radius 1 is 1.17 bits per heavy atom. The summed E-state index contributed by atoms with van der Waals surface area (Å²) in [5.74, 6) is -1.27. The van der Waals surface area contributed by atoms with Crippen LogP contribution in [-0.2, 0) is 0 Å². The maximum Gasteiger partial charge on any atom is 0.287 e. The number of pyridine rings is 1. The number of benzene rings is 1. The van der Waals surface area contributed by atoms with Gasteiger partial charge in [0.15, 0.2) is 11.5 Å². The molecule has 1 amide bonds. The molecule has 0 aliphatic heterocycles. The largest absolute Gasteiger partial charge is 0.287 e. The minimum atomic E-state index is -0.651. The van der Waals surface area contributed by atoms with Crippen molar-refractivity contribution in [3.8, 4) is 0 Å². The van der Waals surface area contributed by atoms with Gasteiger partial charge >= 0.3 is 0 Å². The minimum Gasteiger partial charge on any atom is -0.276 e. The second kappa shape index (κ2) is 6.13. The molecule has 0 fully saturated rings. The van der Waals surface area contributed by atoms with Gasteiger partial charge in [-0.05, 0) is 36.2 Å². The summed E-state index contributed by atoms with van der Waals surface area (Å²) in [6.45, 7) is 0. The van der Waals surface area contributed by atoms with Gasteiger partial charge in [-0.3, -0.25) is 10.2 Å². The van der Waals surface area contributed by atoms with E-state index in [1.807, 2.05) is 30.3 Å². The maximum absolute atomic E-state index is 13.2. The van der Waals surface area contributed by atoms with Crippen molar-refractivity contribution >= 4 is 17.9 Å². The Labute approximate surface area is 108 Å². The highest BCUT2D eigenvalue weighted by Crippen LogP contribution is 2.11. The lowest BCUT2D eigenvalue weighted by molar-refractivity contribution is 0.0937. The first-order valence-electron chi connectivity index (χ1n) is 5.15. The number of hydrogen-bond donors (Lipinski definition) is 2. The van der Waals surface area contributed by atoms with Gasteiger partial charge < -0.3 is 0 Å². The molecule has 0 aliphatic rings. The lowest BCUT2D eigenvalue weighted by atomic mass is 10.3. The first-order valence-corrected chi connectivity index (χ1v) is 5.97. The van der Waals surface area contributed by atoms with Crippen molar-refractivity contribution in [3.05, 3.63) is 60.2 Å². The molecule has 0 bridgehead atoms. The second-order valence-corrected chi connectivity index (χ2v) is 4.18. The molecule has 0 spiro atoms. The number of hydrogen-bond acceptors (Lipinski definition) is 4. The van der Waals surface area contributed by atoms with Crippen LogP contribution in [0.25, 0.3) is 0 Å². The molecule has 0 radical (unpaired) electrons. The third-order valence-corrected chi connectivity index (χ3v) is 2.76. The quantitative estimate of drug-likeness (QED) is 0.655. The van der Waals surface area contributed by atoms with E-state index in [-0.39, 0.29) is 5.69 Å². The van der Waals surface area contributed by atoms with Crippen LogP contribution in [0.4, 0.5) is 4.39 Å². The molecule has 92 valence electrons. The number of carbonyl (C=O) groups is 1. The molecule has 4 nitrogen and oxygen atoms in total. The van der Waals surface area contributed by atoms with E-state index in [2.05, 4.69) is 15.2 Å². The fourth-order valence-electron chi connectivity index (χ4n) is 1.23. The molecule has 0 atom stereocenters. The SMILES string of the molecule is O=C(NNSc1ccccc1)c1ncccc1F. The van der Waals surface area contributed by atoms with Gasteiger partial charge in [0.25, 0.3) is 5.91 Å². The third kappa shape index (κ3) is 3.28. The summed E-state index contributed by atoms with van der Waals surface area (Å²) >= 11 is 1.22. The Morgan fingerprint density at radius 3 is 2.67 bits per heavy atom. The van der Waals surface area contributed by atoms with Gasteiger partial charge in [0.1, 0.15) is 0 Å². The summed E-state index contributed by atoms with van der Waals surface area (Å²) in [6.07, 6.45) is 1.36. The molecule has 0 saturated heterocycles.